The van der Waals surface area contributed by atoms with E-state index >= 15 is 0 Å². The topological polar surface area (TPSA) is 72.5 Å². The third-order valence-corrected chi connectivity index (χ3v) is 7.56. The number of nitrogens with one attached hydrogen (secondary N) is 1. The first-order valence-corrected chi connectivity index (χ1v) is 10.8. The van der Waals surface area contributed by atoms with Gasteiger partial charge < -0.3 is 10.1 Å². The summed E-state index contributed by atoms with van der Waals surface area (Å²) in [5.74, 6) is -0.298. The number of hydrogen-bond acceptors (Lipinski definition) is 5. The molecule has 1 aromatic heterocycles. The molecule has 8 heteroatoms. The van der Waals surface area contributed by atoms with Crippen molar-refractivity contribution >= 4 is 38.7 Å². The average molecular weight is 398 g/mol. The third kappa shape index (κ3) is 3.21. The number of fused-ring (bicyclic) bond motifs is 3. The Hall–Kier alpha value is -1.41. The summed E-state index contributed by atoms with van der Waals surface area (Å²) in [4.78, 5) is 14.0. The van der Waals surface area contributed by atoms with Gasteiger partial charge in [-0.15, -0.1) is 11.3 Å². The van der Waals surface area contributed by atoms with Crippen LogP contribution in [0.4, 0.5) is 0 Å². The molecule has 1 amide bonds. The predicted octanol–water partition coefficient (Wildman–Crippen LogP) is 3.26. The Kier molecular flexibility index (Phi) is 4.35. The van der Waals surface area contributed by atoms with E-state index in [1.54, 1.807) is 18.2 Å². The Labute approximate surface area is 154 Å². The van der Waals surface area contributed by atoms with Crippen LogP contribution >= 0.6 is 22.9 Å². The van der Waals surface area contributed by atoms with Crippen LogP contribution in [0.1, 0.15) is 28.1 Å². The molecule has 1 fully saturated rings. The Morgan fingerprint density at radius 3 is 2.96 bits per heavy atom. The van der Waals surface area contributed by atoms with Gasteiger partial charge in [-0.25, -0.2) is 8.42 Å². The van der Waals surface area contributed by atoms with Crippen LogP contribution in [-0.2, 0) is 20.3 Å². The lowest BCUT2D eigenvalue weighted by Gasteiger charge is -2.16. The van der Waals surface area contributed by atoms with Crippen molar-refractivity contribution in [2.75, 3.05) is 13.2 Å². The van der Waals surface area contributed by atoms with Crippen molar-refractivity contribution in [1.29, 1.82) is 0 Å². The highest BCUT2D eigenvalue weighted by Gasteiger charge is 2.31. The van der Waals surface area contributed by atoms with Gasteiger partial charge in [-0.2, -0.15) is 0 Å². The first-order chi connectivity index (χ1) is 11.9. The maximum Gasteiger partial charge on any atom is 0.261 e. The molecule has 0 aliphatic carbocycles. The second-order valence-electron chi connectivity index (χ2n) is 6.21. The molecule has 132 valence electrons. The lowest BCUT2D eigenvalue weighted by molar-refractivity contribution is 0.0861. The number of carbonyl (C=O) groups is 1. The fourth-order valence-electron chi connectivity index (χ4n) is 3.20. The molecular formula is C17H16ClNO4S2. The number of thiophene rings is 1. The summed E-state index contributed by atoms with van der Waals surface area (Å²) >= 11 is 7.27. The largest absolute Gasteiger partial charge is 0.376 e. The van der Waals surface area contributed by atoms with E-state index in [1.165, 1.54) is 17.4 Å². The minimum atomic E-state index is -3.45. The maximum absolute atomic E-state index is 12.5. The van der Waals surface area contributed by atoms with E-state index in [0.29, 0.717) is 27.6 Å². The summed E-state index contributed by atoms with van der Waals surface area (Å²) in [7, 11) is -3.45. The summed E-state index contributed by atoms with van der Waals surface area (Å²) in [6, 6.07) is 6.53. The Bertz CT molecular complexity index is 946. The smallest absolute Gasteiger partial charge is 0.261 e. The number of sulfone groups is 1. The highest BCUT2D eigenvalue weighted by atomic mass is 35.5. The van der Waals surface area contributed by atoms with Gasteiger partial charge in [-0.3, -0.25) is 4.79 Å². The zero-order valence-corrected chi connectivity index (χ0v) is 15.6. The number of amides is 1. The molecular weight excluding hydrogens is 382 g/mol. The molecule has 0 spiro atoms. The van der Waals surface area contributed by atoms with Crippen molar-refractivity contribution in [2.24, 2.45) is 0 Å². The van der Waals surface area contributed by atoms with Gasteiger partial charge in [0.05, 0.1) is 21.6 Å². The normalized spacial score (nSPS) is 20.8. The minimum absolute atomic E-state index is 0.0711. The summed E-state index contributed by atoms with van der Waals surface area (Å²) in [6.45, 7) is 1.22. The lowest BCUT2D eigenvalue weighted by Crippen LogP contribution is -2.31. The molecule has 25 heavy (non-hydrogen) atoms. The Balaban J connectivity index is 1.63. The van der Waals surface area contributed by atoms with Gasteiger partial charge >= 0.3 is 0 Å². The van der Waals surface area contributed by atoms with E-state index in [0.717, 1.165) is 24.3 Å². The molecule has 1 aromatic carbocycles. The molecule has 2 aliphatic heterocycles. The number of halogens is 1. The van der Waals surface area contributed by atoms with Crippen LogP contribution in [-0.4, -0.2) is 33.6 Å². The molecule has 2 aromatic rings. The predicted molar refractivity (Wildman–Crippen MR) is 97.0 cm³/mol. The first kappa shape index (κ1) is 17.0. The van der Waals surface area contributed by atoms with Crippen molar-refractivity contribution in [3.63, 3.8) is 0 Å². The summed E-state index contributed by atoms with van der Waals surface area (Å²) in [5.41, 5.74) is 1.29. The van der Waals surface area contributed by atoms with Gasteiger partial charge in [0.25, 0.3) is 5.91 Å². The number of hydrogen-bond donors (Lipinski definition) is 1. The van der Waals surface area contributed by atoms with Crippen molar-refractivity contribution in [2.45, 2.75) is 29.6 Å². The number of ether oxygens (including phenoxy) is 1. The number of benzene rings is 1. The van der Waals surface area contributed by atoms with Crippen molar-refractivity contribution in [3.8, 4) is 10.4 Å². The average Bonchev–Trinajstić information content (AvgIpc) is 3.21. The SMILES string of the molecule is O=C(NCC1CCCO1)c1cc2c(s1)-c1ccc(Cl)cc1S(=O)(=O)C2. The van der Waals surface area contributed by atoms with Gasteiger partial charge in [0.15, 0.2) is 9.84 Å². The fraction of sp³-hybridized carbons (Fsp3) is 0.353. The number of rotatable bonds is 3. The molecule has 2 aliphatic rings. The Morgan fingerprint density at radius 2 is 2.20 bits per heavy atom. The van der Waals surface area contributed by atoms with E-state index in [2.05, 4.69) is 5.32 Å². The zero-order valence-electron chi connectivity index (χ0n) is 13.2. The van der Waals surface area contributed by atoms with Crippen LogP contribution in [0.15, 0.2) is 29.2 Å². The van der Waals surface area contributed by atoms with Crippen LogP contribution in [0.3, 0.4) is 0 Å². The fourth-order valence-corrected chi connectivity index (χ4v) is 6.33. The molecule has 1 saturated heterocycles. The van der Waals surface area contributed by atoms with Crippen LogP contribution in [0.2, 0.25) is 5.02 Å². The standard InChI is InChI=1S/C17H16ClNO4S2/c18-11-3-4-13-15(7-11)25(21,22)9-10-6-14(24-16(10)13)17(20)19-8-12-2-1-5-23-12/h3-4,6-7,12H,1-2,5,8-9H2,(H,19,20). The lowest BCUT2D eigenvalue weighted by atomic mass is 10.1. The van der Waals surface area contributed by atoms with E-state index in [1.807, 2.05) is 0 Å². The molecule has 5 nitrogen and oxygen atoms in total. The van der Waals surface area contributed by atoms with Crippen molar-refractivity contribution in [3.05, 3.63) is 39.7 Å². The number of carbonyl (C=O) groups excluding carboxylic acids is 1. The van der Waals surface area contributed by atoms with Crippen molar-refractivity contribution in [1.82, 2.24) is 5.32 Å². The second kappa shape index (κ2) is 6.39. The van der Waals surface area contributed by atoms with Gasteiger partial charge in [-0.05, 0) is 36.6 Å². The summed E-state index contributed by atoms with van der Waals surface area (Å²) < 4.78 is 30.5. The molecule has 1 unspecified atom stereocenters. The molecule has 0 bridgehead atoms. The molecule has 0 radical (unpaired) electrons. The van der Waals surface area contributed by atoms with Crippen molar-refractivity contribution < 1.29 is 17.9 Å². The Morgan fingerprint density at radius 1 is 1.36 bits per heavy atom. The van der Waals surface area contributed by atoms with Gasteiger partial charge in [0.2, 0.25) is 0 Å². The molecule has 0 saturated carbocycles. The van der Waals surface area contributed by atoms with E-state index in [-0.39, 0.29) is 22.7 Å². The van der Waals surface area contributed by atoms with Gasteiger partial charge in [0.1, 0.15) is 0 Å². The second-order valence-corrected chi connectivity index (χ2v) is 9.66. The van der Waals surface area contributed by atoms with Crippen LogP contribution < -0.4 is 5.32 Å². The van der Waals surface area contributed by atoms with Crippen LogP contribution in [0, 0.1) is 0 Å². The van der Waals surface area contributed by atoms with Crippen LogP contribution in [0.25, 0.3) is 10.4 Å². The molecule has 1 N–H and O–H groups in total. The van der Waals surface area contributed by atoms with E-state index in [4.69, 9.17) is 16.3 Å². The third-order valence-electron chi connectivity index (χ3n) is 4.42. The van der Waals surface area contributed by atoms with Crippen LogP contribution in [0.5, 0.6) is 0 Å². The highest BCUT2D eigenvalue weighted by molar-refractivity contribution is 7.91. The molecule has 3 heterocycles. The zero-order chi connectivity index (χ0) is 17.6. The first-order valence-electron chi connectivity index (χ1n) is 7.99. The summed E-state index contributed by atoms with van der Waals surface area (Å²) in [6.07, 6.45) is 2.04. The molecule has 1 atom stereocenters. The van der Waals surface area contributed by atoms with E-state index in [9.17, 15) is 13.2 Å². The molecule has 4 rings (SSSR count). The monoisotopic (exact) mass is 397 g/mol. The maximum atomic E-state index is 12.5. The van der Waals surface area contributed by atoms with E-state index < -0.39 is 9.84 Å². The highest BCUT2D eigenvalue weighted by Crippen LogP contribution is 2.43. The van der Waals surface area contributed by atoms with Gasteiger partial charge in [0, 0.05) is 28.6 Å². The minimum Gasteiger partial charge on any atom is -0.376 e. The quantitative estimate of drug-likeness (QED) is 0.862. The summed E-state index contributed by atoms with van der Waals surface area (Å²) in [5, 5.41) is 3.27. The van der Waals surface area contributed by atoms with Gasteiger partial charge in [-0.1, -0.05) is 17.7 Å².